The number of nitrogens with zero attached hydrogens (tertiary/aromatic N) is 3. The average Bonchev–Trinajstić information content (AvgIpc) is 3.11. The van der Waals surface area contributed by atoms with E-state index in [1.165, 1.54) is 4.90 Å². The van der Waals surface area contributed by atoms with Gasteiger partial charge in [0.1, 0.15) is 6.04 Å². The minimum atomic E-state index is -0.446. The third kappa shape index (κ3) is 4.00. The van der Waals surface area contributed by atoms with Crippen LogP contribution < -0.4 is 5.32 Å². The molecule has 0 aliphatic rings. The highest BCUT2D eigenvalue weighted by Crippen LogP contribution is 2.19. The maximum absolute atomic E-state index is 12.8. The van der Waals surface area contributed by atoms with Crippen LogP contribution >= 0.6 is 0 Å². The summed E-state index contributed by atoms with van der Waals surface area (Å²) in [4.78, 5) is 31.0. The molecule has 0 bridgehead atoms. The lowest BCUT2D eigenvalue weighted by Crippen LogP contribution is -2.38. The van der Waals surface area contributed by atoms with E-state index in [0.717, 1.165) is 28.7 Å². The summed E-state index contributed by atoms with van der Waals surface area (Å²) >= 11 is 0. The maximum atomic E-state index is 12.8. The van der Waals surface area contributed by atoms with Gasteiger partial charge in [-0.2, -0.15) is 0 Å². The van der Waals surface area contributed by atoms with Crippen LogP contribution in [0.25, 0.3) is 11.0 Å². The van der Waals surface area contributed by atoms with Crippen LogP contribution in [-0.4, -0.2) is 39.9 Å². The largest absolute Gasteiger partial charge is 0.335 e. The molecule has 0 aliphatic carbocycles. The molecule has 1 heterocycles. The Balaban J connectivity index is 1.67. The Hall–Kier alpha value is -3.15. The predicted octanol–water partition coefficient (Wildman–Crippen LogP) is 3.26. The predicted molar refractivity (Wildman–Crippen MR) is 107 cm³/mol. The standard InChI is InChI=1S/C21H24N4O2/c1-4-16-9-5-6-10-17(16)23-20(26)13-24(3)21(27)15(2)25-14-22-18-11-7-8-12-19(18)25/h5-12,14-15H,4,13H2,1-3H3,(H,23,26)/t15-/m1/s1. The van der Waals surface area contributed by atoms with Crippen molar-refractivity contribution in [1.29, 1.82) is 0 Å². The number of nitrogens with one attached hydrogen (secondary N) is 1. The van der Waals surface area contributed by atoms with Gasteiger partial charge in [-0.3, -0.25) is 9.59 Å². The fourth-order valence-corrected chi connectivity index (χ4v) is 3.16. The molecule has 2 amide bonds. The number of aryl methyl sites for hydroxylation is 1. The van der Waals surface area contributed by atoms with Gasteiger partial charge in [-0.05, 0) is 37.1 Å². The Morgan fingerprint density at radius 3 is 2.63 bits per heavy atom. The molecule has 0 unspecified atom stereocenters. The number of carbonyl (C=O) groups excluding carboxylic acids is 2. The first kappa shape index (κ1) is 18.6. The van der Waals surface area contributed by atoms with Crippen molar-refractivity contribution in [3.8, 4) is 0 Å². The molecule has 0 fully saturated rings. The van der Waals surface area contributed by atoms with Gasteiger partial charge in [0, 0.05) is 12.7 Å². The summed E-state index contributed by atoms with van der Waals surface area (Å²) in [6.07, 6.45) is 2.49. The van der Waals surface area contributed by atoms with E-state index in [9.17, 15) is 9.59 Å². The van der Waals surface area contributed by atoms with E-state index < -0.39 is 6.04 Å². The van der Waals surface area contributed by atoms with Crippen molar-refractivity contribution in [3.05, 3.63) is 60.4 Å². The van der Waals surface area contributed by atoms with Gasteiger partial charge in [0.25, 0.3) is 0 Å². The quantitative estimate of drug-likeness (QED) is 0.730. The Morgan fingerprint density at radius 1 is 1.15 bits per heavy atom. The fourth-order valence-electron chi connectivity index (χ4n) is 3.16. The summed E-state index contributed by atoms with van der Waals surface area (Å²) in [5.74, 6) is -0.355. The number of anilines is 1. The first-order chi connectivity index (χ1) is 13.0. The summed E-state index contributed by atoms with van der Waals surface area (Å²) in [7, 11) is 1.64. The highest BCUT2D eigenvalue weighted by molar-refractivity contribution is 5.95. The van der Waals surface area contributed by atoms with E-state index in [0.29, 0.717) is 0 Å². The van der Waals surface area contributed by atoms with E-state index >= 15 is 0 Å². The summed E-state index contributed by atoms with van der Waals surface area (Å²) < 4.78 is 1.83. The van der Waals surface area contributed by atoms with Crippen LogP contribution in [0.5, 0.6) is 0 Å². The molecule has 6 heteroatoms. The molecule has 0 saturated heterocycles. The van der Waals surface area contributed by atoms with Gasteiger partial charge < -0.3 is 14.8 Å². The van der Waals surface area contributed by atoms with Crippen LogP contribution in [0.15, 0.2) is 54.9 Å². The van der Waals surface area contributed by atoms with Crippen LogP contribution in [0.2, 0.25) is 0 Å². The van der Waals surface area contributed by atoms with Crippen molar-refractivity contribution in [3.63, 3.8) is 0 Å². The number of fused-ring (bicyclic) bond motifs is 1. The Morgan fingerprint density at radius 2 is 1.85 bits per heavy atom. The van der Waals surface area contributed by atoms with Gasteiger partial charge >= 0.3 is 0 Å². The topological polar surface area (TPSA) is 67.2 Å². The first-order valence-electron chi connectivity index (χ1n) is 9.05. The highest BCUT2D eigenvalue weighted by Gasteiger charge is 2.22. The van der Waals surface area contributed by atoms with Crippen molar-refractivity contribution in [2.75, 3.05) is 18.9 Å². The lowest BCUT2D eigenvalue weighted by Gasteiger charge is -2.22. The summed E-state index contributed by atoms with van der Waals surface area (Å²) in [5.41, 5.74) is 3.60. The smallest absolute Gasteiger partial charge is 0.245 e. The van der Waals surface area contributed by atoms with E-state index in [1.807, 2.05) is 66.9 Å². The lowest BCUT2D eigenvalue weighted by atomic mass is 10.1. The molecule has 3 aromatic rings. The zero-order valence-electron chi connectivity index (χ0n) is 15.8. The van der Waals surface area contributed by atoms with E-state index in [2.05, 4.69) is 10.3 Å². The SMILES string of the molecule is CCc1ccccc1NC(=O)CN(C)C(=O)[C@@H](C)n1cnc2ccccc21. The van der Waals surface area contributed by atoms with E-state index in [1.54, 1.807) is 13.4 Å². The third-order valence-corrected chi connectivity index (χ3v) is 4.69. The number of amides is 2. The molecule has 140 valence electrons. The average molecular weight is 364 g/mol. The molecule has 0 saturated carbocycles. The first-order valence-corrected chi connectivity index (χ1v) is 9.05. The molecule has 0 spiro atoms. The molecule has 0 radical (unpaired) electrons. The van der Waals surface area contributed by atoms with Crippen molar-refractivity contribution in [2.45, 2.75) is 26.3 Å². The summed E-state index contributed by atoms with van der Waals surface area (Å²) in [6.45, 7) is 3.85. The molecule has 1 aromatic heterocycles. The van der Waals surface area contributed by atoms with Gasteiger partial charge in [-0.15, -0.1) is 0 Å². The number of para-hydroxylation sites is 3. The molecule has 0 aliphatic heterocycles. The van der Waals surface area contributed by atoms with E-state index in [4.69, 9.17) is 0 Å². The van der Waals surface area contributed by atoms with Crippen molar-refractivity contribution < 1.29 is 9.59 Å². The van der Waals surface area contributed by atoms with Crippen LogP contribution in [0, 0.1) is 0 Å². The van der Waals surface area contributed by atoms with Gasteiger partial charge in [0.2, 0.25) is 11.8 Å². The number of rotatable bonds is 6. The molecule has 1 atom stereocenters. The number of hydrogen-bond acceptors (Lipinski definition) is 3. The van der Waals surface area contributed by atoms with Gasteiger partial charge in [-0.1, -0.05) is 37.3 Å². The molecule has 6 nitrogen and oxygen atoms in total. The van der Waals surface area contributed by atoms with Crippen LogP contribution in [-0.2, 0) is 16.0 Å². The zero-order valence-corrected chi connectivity index (χ0v) is 15.8. The number of aromatic nitrogens is 2. The van der Waals surface area contributed by atoms with Crippen LogP contribution in [0.3, 0.4) is 0 Å². The maximum Gasteiger partial charge on any atom is 0.245 e. The molecular weight excluding hydrogens is 340 g/mol. The molecule has 27 heavy (non-hydrogen) atoms. The number of carbonyl (C=O) groups is 2. The molecule has 1 N–H and O–H groups in total. The summed E-state index contributed by atoms with van der Waals surface area (Å²) in [5, 5.41) is 2.90. The normalized spacial score (nSPS) is 12.0. The number of likely N-dealkylation sites (N-methyl/N-ethyl adjacent to an activating group) is 1. The minimum absolute atomic E-state index is 0.00610. The number of benzene rings is 2. The third-order valence-electron chi connectivity index (χ3n) is 4.69. The highest BCUT2D eigenvalue weighted by atomic mass is 16.2. The fraction of sp³-hybridized carbons (Fsp3) is 0.286. The monoisotopic (exact) mass is 364 g/mol. The van der Waals surface area contributed by atoms with Gasteiger partial charge in [0.15, 0.2) is 0 Å². The van der Waals surface area contributed by atoms with Crippen LogP contribution in [0.1, 0.15) is 25.5 Å². The van der Waals surface area contributed by atoms with Crippen molar-refractivity contribution >= 4 is 28.5 Å². The molecule has 2 aromatic carbocycles. The van der Waals surface area contributed by atoms with Gasteiger partial charge in [-0.25, -0.2) is 4.98 Å². The molecule has 3 rings (SSSR count). The number of hydrogen-bond donors (Lipinski definition) is 1. The number of imidazole rings is 1. The van der Waals surface area contributed by atoms with Crippen molar-refractivity contribution in [2.24, 2.45) is 0 Å². The second-order valence-corrected chi connectivity index (χ2v) is 6.57. The Labute approximate surface area is 158 Å². The van der Waals surface area contributed by atoms with E-state index in [-0.39, 0.29) is 18.4 Å². The van der Waals surface area contributed by atoms with Crippen molar-refractivity contribution in [1.82, 2.24) is 14.5 Å². The lowest BCUT2D eigenvalue weighted by molar-refractivity contribution is -0.135. The molecular formula is C21H24N4O2. The Bertz CT molecular complexity index is 963. The zero-order chi connectivity index (χ0) is 19.4. The summed E-state index contributed by atoms with van der Waals surface area (Å²) in [6, 6.07) is 14.9. The second-order valence-electron chi connectivity index (χ2n) is 6.57. The van der Waals surface area contributed by atoms with Gasteiger partial charge in [0.05, 0.1) is 23.9 Å². The minimum Gasteiger partial charge on any atom is -0.335 e. The second kappa shape index (κ2) is 8.03. The van der Waals surface area contributed by atoms with Crippen LogP contribution in [0.4, 0.5) is 5.69 Å². The Kier molecular flexibility index (Phi) is 5.54.